The number of hydrogen-bond donors (Lipinski definition) is 1. The van der Waals surface area contributed by atoms with Crippen LogP contribution in [0.5, 0.6) is 0 Å². The smallest absolute Gasteiger partial charge is 0.149 e. The average Bonchev–Trinajstić information content (AvgIpc) is 1.99. The molecule has 1 aliphatic heterocycles. The van der Waals surface area contributed by atoms with E-state index in [9.17, 15) is 4.79 Å². The van der Waals surface area contributed by atoms with E-state index in [2.05, 4.69) is 5.32 Å². The molecule has 1 heterocycles. The second-order valence-corrected chi connectivity index (χ2v) is 2.60. The van der Waals surface area contributed by atoms with Crippen molar-refractivity contribution in [2.45, 2.75) is 32.2 Å². The van der Waals surface area contributed by atoms with Crippen LogP contribution in [0.25, 0.3) is 0 Å². The molecule has 0 aromatic carbocycles. The summed E-state index contributed by atoms with van der Waals surface area (Å²) >= 11 is 0. The lowest BCUT2D eigenvalue weighted by Crippen LogP contribution is -2.31. The van der Waals surface area contributed by atoms with Gasteiger partial charge in [-0.15, -0.1) is 0 Å². The van der Waals surface area contributed by atoms with Gasteiger partial charge in [0.2, 0.25) is 0 Å². The monoisotopic (exact) mass is 127 g/mol. The van der Waals surface area contributed by atoms with Gasteiger partial charge >= 0.3 is 0 Å². The average molecular weight is 127 g/mol. The highest BCUT2D eigenvalue weighted by atomic mass is 16.1. The largest absolute Gasteiger partial charge is 0.308 e. The number of carbonyl (C=O) groups is 1. The van der Waals surface area contributed by atoms with E-state index in [1.807, 2.05) is 6.92 Å². The highest BCUT2D eigenvalue weighted by Crippen LogP contribution is 2.03. The summed E-state index contributed by atoms with van der Waals surface area (Å²) in [5, 5.41) is 3.14. The van der Waals surface area contributed by atoms with Gasteiger partial charge in [-0.3, -0.25) is 4.79 Å². The molecule has 1 saturated heterocycles. The van der Waals surface area contributed by atoms with Crippen molar-refractivity contribution in [1.29, 1.82) is 0 Å². The van der Waals surface area contributed by atoms with Gasteiger partial charge in [-0.2, -0.15) is 0 Å². The summed E-state index contributed by atoms with van der Waals surface area (Å²) in [6, 6.07) is 0.104. The maximum absolute atomic E-state index is 11.0. The lowest BCUT2D eigenvalue weighted by Gasteiger charge is -2.05. The van der Waals surface area contributed by atoms with E-state index >= 15 is 0 Å². The van der Waals surface area contributed by atoms with Gasteiger partial charge in [-0.1, -0.05) is 0 Å². The first kappa shape index (κ1) is 6.75. The highest BCUT2D eigenvalue weighted by molar-refractivity contribution is 5.83. The van der Waals surface area contributed by atoms with E-state index in [0.717, 1.165) is 25.8 Å². The molecule has 9 heavy (non-hydrogen) atoms. The molecule has 0 aliphatic carbocycles. The molecule has 52 valence electrons. The molecular weight excluding hydrogens is 114 g/mol. The summed E-state index contributed by atoms with van der Waals surface area (Å²) in [5.74, 6) is 0.368. The Morgan fingerprint density at radius 1 is 1.56 bits per heavy atom. The first-order valence-electron chi connectivity index (χ1n) is 3.57. The molecule has 0 amide bonds. The fourth-order valence-electron chi connectivity index (χ4n) is 1.07. The molecule has 0 aromatic rings. The third kappa shape index (κ3) is 1.79. The molecule has 1 N–H and O–H groups in total. The minimum atomic E-state index is 0.104. The summed E-state index contributed by atoms with van der Waals surface area (Å²) in [5.41, 5.74) is 0. The molecule has 1 fully saturated rings. The van der Waals surface area contributed by atoms with Crippen molar-refractivity contribution in [2.75, 3.05) is 6.54 Å². The van der Waals surface area contributed by atoms with Gasteiger partial charge in [-0.25, -0.2) is 0 Å². The zero-order chi connectivity index (χ0) is 6.69. The van der Waals surface area contributed by atoms with Crippen LogP contribution in [0.2, 0.25) is 0 Å². The Balaban J connectivity index is 2.41. The molecule has 1 unspecified atom stereocenters. The van der Waals surface area contributed by atoms with Gasteiger partial charge in [0.25, 0.3) is 0 Å². The van der Waals surface area contributed by atoms with Crippen LogP contribution in [0.3, 0.4) is 0 Å². The van der Waals surface area contributed by atoms with Crippen molar-refractivity contribution >= 4 is 5.78 Å². The topological polar surface area (TPSA) is 29.1 Å². The van der Waals surface area contributed by atoms with E-state index in [0.29, 0.717) is 5.78 Å². The van der Waals surface area contributed by atoms with Crippen molar-refractivity contribution in [1.82, 2.24) is 5.32 Å². The number of Topliss-reactive ketones (excluding diaryl/α,β-unsaturated/α-hetero) is 1. The number of ketones is 1. The van der Waals surface area contributed by atoms with Crippen molar-refractivity contribution in [3.05, 3.63) is 0 Å². The molecule has 0 bridgehead atoms. The Labute approximate surface area is 55.6 Å². The predicted octanol–water partition coefficient (Wildman–Crippen LogP) is 0.718. The minimum Gasteiger partial charge on any atom is -0.308 e. The number of rotatable bonds is 0. The number of carbonyl (C=O) groups excluding carboxylic acids is 1. The van der Waals surface area contributed by atoms with Crippen molar-refractivity contribution in [3.63, 3.8) is 0 Å². The molecule has 0 aromatic heterocycles. The first-order chi connectivity index (χ1) is 4.30. The normalized spacial score (nSPS) is 29.9. The van der Waals surface area contributed by atoms with Crippen molar-refractivity contribution < 1.29 is 4.79 Å². The molecular formula is C7H13NO. The molecule has 0 saturated carbocycles. The first-order valence-corrected chi connectivity index (χ1v) is 3.57. The predicted molar refractivity (Wildman–Crippen MR) is 36.3 cm³/mol. The Morgan fingerprint density at radius 3 is 3.11 bits per heavy atom. The van der Waals surface area contributed by atoms with Crippen LogP contribution in [0, 0.1) is 0 Å². The lowest BCUT2D eigenvalue weighted by atomic mass is 10.1. The van der Waals surface area contributed by atoms with Gasteiger partial charge < -0.3 is 5.32 Å². The summed E-state index contributed by atoms with van der Waals surface area (Å²) < 4.78 is 0. The third-order valence-electron chi connectivity index (χ3n) is 1.78. The van der Waals surface area contributed by atoms with Gasteiger partial charge in [0.1, 0.15) is 5.78 Å². The van der Waals surface area contributed by atoms with Gasteiger partial charge in [0.15, 0.2) is 0 Å². The van der Waals surface area contributed by atoms with Crippen LogP contribution in [0.1, 0.15) is 26.2 Å². The zero-order valence-corrected chi connectivity index (χ0v) is 5.81. The van der Waals surface area contributed by atoms with E-state index in [-0.39, 0.29) is 6.04 Å². The van der Waals surface area contributed by atoms with Crippen molar-refractivity contribution in [3.8, 4) is 0 Å². The van der Waals surface area contributed by atoms with Crippen LogP contribution in [-0.4, -0.2) is 18.4 Å². The summed E-state index contributed by atoms with van der Waals surface area (Å²) in [6.07, 6.45) is 2.99. The number of nitrogens with one attached hydrogen (secondary N) is 1. The van der Waals surface area contributed by atoms with Gasteiger partial charge in [0, 0.05) is 6.42 Å². The van der Waals surface area contributed by atoms with Crippen LogP contribution >= 0.6 is 0 Å². The van der Waals surface area contributed by atoms with E-state index < -0.39 is 0 Å². The Hall–Kier alpha value is -0.370. The zero-order valence-electron chi connectivity index (χ0n) is 5.81. The Bertz CT molecular complexity index is 111. The summed E-state index contributed by atoms with van der Waals surface area (Å²) in [6.45, 7) is 2.94. The maximum Gasteiger partial charge on any atom is 0.149 e. The Morgan fingerprint density at radius 2 is 2.33 bits per heavy atom. The second kappa shape index (κ2) is 2.97. The van der Waals surface area contributed by atoms with Gasteiger partial charge in [0.05, 0.1) is 6.04 Å². The number of hydrogen-bond acceptors (Lipinski definition) is 2. The molecule has 1 atom stereocenters. The third-order valence-corrected chi connectivity index (χ3v) is 1.78. The second-order valence-electron chi connectivity index (χ2n) is 2.60. The quantitative estimate of drug-likeness (QED) is 0.519. The summed E-state index contributed by atoms with van der Waals surface area (Å²) in [7, 11) is 0. The van der Waals surface area contributed by atoms with E-state index in [1.54, 1.807) is 0 Å². The minimum absolute atomic E-state index is 0.104. The van der Waals surface area contributed by atoms with Gasteiger partial charge in [-0.05, 0) is 26.3 Å². The molecule has 1 rings (SSSR count). The highest BCUT2D eigenvalue weighted by Gasteiger charge is 2.13. The lowest BCUT2D eigenvalue weighted by molar-refractivity contribution is -0.120. The van der Waals surface area contributed by atoms with E-state index in [1.165, 1.54) is 0 Å². The fraction of sp³-hybridized carbons (Fsp3) is 0.857. The molecule has 0 spiro atoms. The molecule has 0 radical (unpaired) electrons. The maximum atomic E-state index is 11.0. The molecule has 2 nitrogen and oxygen atoms in total. The fourth-order valence-corrected chi connectivity index (χ4v) is 1.07. The Kier molecular flexibility index (Phi) is 2.22. The molecule has 2 heteroatoms. The standard InChI is InChI=1S/C7H13NO/c1-6-7(9)4-2-3-5-8-6/h6,8H,2-5H2,1H3. The molecule has 1 aliphatic rings. The van der Waals surface area contributed by atoms with Crippen LogP contribution in [-0.2, 0) is 4.79 Å². The van der Waals surface area contributed by atoms with Crippen LogP contribution in [0.4, 0.5) is 0 Å². The van der Waals surface area contributed by atoms with Crippen LogP contribution in [0.15, 0.2) is 0 Å². The summed E-state index contributed by atoms with van der Waals surface area (Å²) in [4.78, 5) is 11.0. The van der Waals surface area contributed by atoms with Crippen molar-refractivity contribution in [2.24, 2.45) is 0 Å². The van der Waals surface area contributed by atoms with Crippen LogP contribution < -0.4 is 5.32 Å². The van der Waals surface area contributed by atoms with E-state index in [4.69, 9.17) is 0 Å². The SMILES string of the molecule is CC1NCCCCC1=O.